The van der Waals surface area contributed by atoms with Gasteiger partial charge < -0.3 is 10.4 Å². The van der Waals surface area contributed by atoms with Crippen molar-refractivity contribution in [3.8, 4) is 6.07 Å². The number of nitriles is 1. The van der Waals surface area contributed by atoms with Gasteiger partial charge in [-0.15, -0.1) is 0 Å². The van der Waals surface area contributed by atoms with Crippen LogP contribution >= 0.6 is 11.6 Å². The summed E-state index contributed by atoms with van der Waals surface area (Å²) in [7, 11) is 0. The number of carboxylic acid groups (broad SMARTS) is 1. The summed E-state index contributed by atoms with van der Waals surface area (Å²) in [6, 6.07) is 7.18. The van der Waals surface area contributed by atoms with Gasteiger partial charge >= 0.3 is 5.97 Å². The standard InChI is InChI=1S/C13H13ClN2O3/c1-8(7-15)6-11(13(18)19)16-12(17)9-4-2-3-5-10(9)14/h2-5,8,11H,6H2,1H3,(H,16,17)(H,18,19)/t8-,11+/m0/s1. The van der Waals surface area contributed by atoms with E-state index in [9.17, 15) is 9.59 Å². The molecule has 0 spiro atoms. The van der Waals surface area contributed by atoms with Gasteiger partial charge in [0.15, 0.2) is 0 Å². The molecule has 2 N–H and O–H groups in total. The van der Waals surface area contributed by atoms with Crippen molar-refractivity contribution in [1.29, 1.82) is 5.26 Å². The van der Waals surface area contributed by atoms with E-state index in [4.69, 9.17) is 22.0 Å². The van der Waals surface area contributed by atoms with Crippen molar-refractivity contribution in [2.45, 2.75) is 19.4 Å². The second kappa shape index (κ2) is 6.76. The quantitative estimate of drug-likeness (QED) is 0.864. The third kappa shape index (κ3) is 4.27. The molecular formula is C13H13ClN2O3. The molecule has 0 unspecified atom stereocenters. The van der Waals surface area contributed by atoms with Gasteiger partial charge in [-0.2, -0.15) is 5.26 Å². The Morgan fingerprint density at radius 2 is 2.11 bits per heavy atom. The number of benzene rings is 1. The highest BCUT2D eigenvalue weighted by Crippen LogP contribution is 2.15. The fourth-order valence-corrected chi connectivity index (χ4v) is 1.73. The first-order valence-electron chi connectivity index (χ1n) is 5.63. The van der Waals surface area contributed by atoms with E-state index < -0.39 is 23.8 Å². The number of carboxylic acids is 1. The Labute approximate surface area is 115 Å². The van der Waals surface area contributed by atoms with Gasteiger partial charge in [-0.3, -0.25) is 4.79 Å². The first-order valence-corrected chi connectivity index (χ1v) is 6.01. The maximum absolute atomic E-state index is 11.9. The van der Waals surface area contributed by atoms with Gasteiger partial charge in [-0.05, 0) is 25.5 Å². The smallest absolute Gasteiger partial charge is 0.326 e. The van der Waals surface area contributed by atoms with Gasteiger partial charge in [-0.25, -0.2) is 4.79 Å². The summed E-state index contributed by atoms with van der Waals surface area (Å²) in [4.78, 5) is 23.0. The lowest BCUT2D eigenvalue weighted by molar-refractivity contribution is -0.139. The molecule has 0 saturated heterocycles. The molecule has 1 rings (SSSR count). The molecule has 0 heterocycles. The Morgan fingerprint density at radius 1 is 1.47 bits per heavy atom. The predicted octanol–water partition coefficient (Wildman–Crippen LogP) is 2.07. The van der Waals surface area contributed by atoms with Gasteiger partial charge in [0.05, 0.1) is 16.7 Å². The number of hydrogen-bond acceptors (Lipinski definition) is 3. The lowest BCUT2D eigenvalue weighted by Crippen LogP contribution is -2.41. The number of nitrogens with one attached hydrogen (secondary N) is 1. The highest BCUT2D eigenvalue weighted by atomic mass is 35.5. The van der Waals surface area contributed by atoms with Crippen LogP contribution < -0.4 is 5.32 Å². The molecule has 1 aromatic rings. The van der Waals surface area contributed by atoms with Crippen LogP contribution in [0, 0.1) is 17.2 Å². The van der Waals surface area contributed by atoms with Gasteiger partial charge in [0.2, 0.25) is 0 Å². The van der Waals surface area contributed by atoms with Crippen LogP contribution in [0.15, 0.2) is 24.3 Å². The Hall–Kier alpha value is -2.06. The van der Waals surface area contributed by atoms with Crippen LogP contribution in [0.3, 0.4) is 0 Å². The summed E-state index contributed by atoms with van der Waals surface area (Å²) < 4.78 is 0. The summed E-state index contributed by atoms with van der Waals surface area (Å²) in [5.74, 6) is -2.21. The Balaban J connectivity index is 2.81. The van der Waals surface area contributed by atoms with Crippen molar-refractivity contribution in [1.82, 2.24) is 5.32 Å². The topological polar surface area (TPSA) is 90.2 Å². The van der Waals surface area contributed by atoms with Crippen molar-refractivity contribution in [3.05, 3.63) is 34.9 Å². The third-order valence-electron chi connectivity index (χ3n) is 2.53. The largest absolute Gasteiger partial charge is 0.480 e. The van der Waals surface area contributed by atoms with Gasteiger partial charge in [0, 0.05) is 5.92 Å². The molecule has 0 aliphatic heterocycles. The number of halogens is 1. The second-order valence-corrected chi connectivity index (χ2v) is 4.52. The van der Waals surface area contributed by atoms with Crippen LogP contribution in [-0.4, -0.2) is 23.0 Å². The minimum absolute atomic E-state index is 0.0437. The van der Waals surface area contributed by atoms with Crippen molar-refractivity contribution in [2.75, 3.05) is 0 Å². The summed E-state index contributed by atoms with van der Waals surface area (Å²) in [6.07, 6.45) is 0.0437. The van der Waals surface area contributed by atoms with Gasteiger partial charge in [0.1, 0.15) is 6.04 Å². The average molecular weight is 281 g/mol. The Bertz CT molecular complexity index is 525. The first-order chi connectivity index (χ1) is 8.95. The molecule has 1 amide bonds. The number of carbonyl (C=O) groups excluding carboxylic acids is 1. The SMILES string of the molecule is C[C@H](C#N)C[C@@H](NC(=O)c1ccccc1Cl)C(=O)O. The molecular weight excluding hydrogens is 268 g/mol. The normalized spacial score (nSPS) is 13.1. The highest BCUT2D eigenvalue weighted by molar-refractivity contribution is 6.33. The van der Waals surface area contributed by atoms with E-state index >= 15 is 0 Å². The van der Waals surface area contributed by atoms with E-state index in [-0.39, 0.29) is 17.0 Å². The van der Waals surface area contributed by atoms with E-state index in [0.29, 0.717) is 0 Å². The maximum atomic E-state index is 11.9. The van der Waals surface area contributed by atoms with Crippen LogP contribution in [0.4, 0.5) is 0 Å². The van der Waals surface area contributed by atoms with Crippen molar-refractivity contribution >= 4 is 23.5 Å². The lowest BCUT2D eigenvalue weighted by Gasteiger charge is -2.15. The number of carbonyl (C=O) groups is 2. The summed E-state index contributed by atoms with van der Waals surface area (Å²) in [5, 5.41) is 20.3. The van der Waals surface area contributed by atoms with Crippen LogP contribution in [0.25, 0.3) is 0 Å². The van der Waals surface area contributed by atoms with E-state index in [1.165, 1.54) is 6.07 Å². The lowest BCUT2D eigenvalue weighted by atomic mass is 10.0. The minimum Gasteiger partial charge on any atom is -0.480 e. The molecule has 0 aliphatic rings. The number of rotatable bonds is 5. The summed E-state index contributed by atoms with van der Waals surface area (Å²) in [6.45, 7) is 1.59. The van der Waals surface area contributed by atoms with Crippen molar-refractivity contribution in [3.63, 3.8) is 0 Å². The zero-order chi connectivity index (χ0) is 14.4. The van der Waals surface area contributed by atoms with Crippen LogP contribution in [0.2, 0.25) is 5.02 Å². The molecule has 0 bridgehead atoms. The molecule has 0 aliphatic carbocycles. The predicted molar refractivity (Wildman–Crippen MR) is 69.7 cm³/mol. The summed E-state index contributed by atoms with van der Waals surface area (Å²) >= 11 is 5.85. The molecule has 0 fully saturated rings. The second-order valence-electron chi connectivity index (χ2n) is 4.11. The number of aliphatic carboxylic acids is 1. The van der Waals surface area contributed by atoms with E-state index in [0.717, 1.165) is 0 Å². The number of hydrogen-bond donors (Lipinski definition) is 2. The van der Waals surface area contributed by atoms with E-state index in [2.05, 4.69) is 5.32 Å². The Morgan fingerprint density at radius 3 is 2.63 bits per heavy atom. The molecule has 0 radical (unpaired) electrons. The van der Waals surface area contributed by atoms with Crippen LogP contribution in [0.1, 0.15) is 23.7 Å². The summed E-state index contributed by atoms with van der Waals surface area (Å²) in [5.41, 5.74) is 0.208. The Kier molecular flexibility index (Phi) is 5.34. The monoisotopic (exact) mass is 280 g/mol. The zero-order valence-electron chi connectivity index (χ0n) is 10.3. The van der Waals surface area contributed by atoms with Crippen LogP contribution in [0.5, 0.6) is 0 Å². The molecule has 19 heavy (non-hydrogen) atoms. The van der Waals surface area contributed by atoms with E-state index in [1.807, 2.05) is 6.07 Å². The van der Waals surface area contributed by atoms with Crippen LogP contribution in [-0.2, 0) is 4.79 Å². The zero-order valence-corrected chi connectivity index (χ0v) is 11.0. The number of nitrogens with zero attached hydrogens (tertiary/aromatic N) is 1. The molecule has 5 nitrogen and oxygen atoms in total. The first kappa shape index (κ1) is 15.0. The molecule has 0 aromatic heterocycles. The maximum Gasteiger partial charge on any atom is 0.326 e. The molecule has 0 saturated carbocycles. The fourth-order valence-electron chi connectivity index (χ4n) is 1.51. The minimum atomic E-state index is -1.18. The van der Waals surface area contributed by atoms with Gasteiger partial charge in [-0.1, -0.05) is 23.7 Å². The number of amides is 1. The van der Waals surface area contributed by atoms with Crippen molar-refractivity contribution < 1.29 is 14.7 Å². The molecule has 6 heteroatoms. The fraction of sp³-hybridized carbons (Fsp3) is 0.308. The van der Waals surface area contributed by atoms with Gasteiger partial charge in [0.25, 0.3) is 5.91 Å². The molecule has 100 valence electrons. The third-order valence-corrected chi connectivity index (χ3v) is 2.86. The van der Waals surface area contributed by atoms with E-state index in [1.54, 1.807) is 25.1 Å². The van der Waals surface area contributed by atoms with Crippen molar-refractivity contribution in [2.24, 2.45) is 5.92 Å². The molecule has 1 aromatic carbocycles. The molecule has 2 atom stereocenters. The average Bonchev–Trinajstić information content (AvgIpc) is 2.37. The highest BCUT2D eigenvalue weighted by Gasteiger charge is 2.23.